The third-order valence-electron chi connectivity index (χ3n) is 3.38. The van der Waals surface area contributed by atoms with Gasteiger partial charge in [0, 0.05) is 0 Å². The predicted molar refractivity (Wildman–Crippen MR) is 74.8 cm³/mol. The predicted octanol–water partition coefficient (Wildman–Crippen LogP) is 3.10. The minimum absolute atomic E-state index is 0.0216. The quantitative estimate of drug-likeness (QED) is 0.764. The van der Waals surface area contributed by atoms with Crippen molar-refractivity contribution in [3.05, 3.63) is 64.1 Å². The Bertz CT molecular complexity index is 876. The standard InChI is InChI=1S/C15H11F3N2O2/c16-15(17,18)11-2-1-3-12-13(11)20(14(22)19-12)8-9-4-6-10(21)7-5-9/h1-7,21H,8H2,(H,19,22). The van der Waals surface area contributed by atoms with E-state index in [0.717, 1.165) is 10.6 Å². The maximum Gasteiger partial charge on any atom is 0.418 e. The molecule has 1 aromatic heterocycles. The Kier molecular flexibility index (Phi) is 3.20. The fourth-order valence-corrected chi connectivity index (χ4v) is 2.38. The molecule has 1 heterocycles. The van der Waals surface area contributed by atoms with E-state index in [0.29, 0.717) is 5.56 Å². The Labute approximate surface area is 122 Å². The van der Waals surface area contributed by atoms with Gasteiger partial charge in [-0.3, -0.25) is 4.57 Å². The molecule has 3 rings (SSSR count). The van der Waals surface area contributed by atoms with E-state index in [4.69, 9.17) is 0 Å². The van der Waals surface area contributed by atoms with Crippen LogP contribution in [0.25, 0.3) is 11.0 Å². The maximum absolute atomic E-state index is 13.1. The van der Waals surface area contributed by atoms with Crippen molar-refractivity contribution >= 4 is 11.0 Å². The zero-order valence-electron chi connectivity index (χ0n) is 11.2. The van der Waals surface area contributed by atoms with Crippen LogP contribution in [0, 0.1) is 0 Å². The highest BCUT2D eigenvalue weighted by Gasteiger charge is 2.34. The molecule has 0 aliphatic heterocycles. The molecule has 0 amide bonds. The average Bonchev–Trinajstić information content (AvgIpc) is 2.76. The van der Waals surface area contributed by atoms with E-state index in [1.54, 1.807) is 12.1 Å². The van der Waals surface area contributed by atoms with Gasteiger partial charge in [-0.25, -0.2) is 4.79 Å². The van der Waals surface area contributed by atoms with E-state index in [9.17, 15) is 23.1 Å². The number of aromatic hydroxyl groups is 1. The van der Waals surface area contributed by atoms with E-state index >= 15 is 0 Å². The van der Waals surface area contributed by atoms with E-state index < -0.39 is 17.4 Å². The van der Waals surface area contributed by atoms with E-state index in [-0.39, 0.29) is 23.3 Å². The number of rotatable bonds is 2. The summed E-state index contributed by atoms with van der Waals surface area (Å²) < 4.78 is 40.5. The first kappa shape index (κ1) is 14.2. The van der Waals surface area contributed by atoms with Gasteiger partial charge >= 0.3 is 11.9 Å². The van der Waals surface area contributed by atoms with E-state index in [1.165, 1.54) is 24.3 Å². The molecule has 7 heteroatoms. The van der Waals surface area contributed by atoms with Crippen LogP contribution in [0.2, 0.25) is 0 Å². The molecule has 22 heavy (non-hydrogen) atoms. The van der Waals surface area contributed by atoms with Gasteiger partial charge in [0.25, 0.3) is 0 Å². The van der Waals surface area contributed by atoms with Crippen molar-refractivity contribution in [2.24, 2.45) is 0 Å². The van der Waals surface area contributed by atoms with Crippen molar-refractivity contribution in [1.82, 2.24) is 9.55 Å². The van der Waals surface area contributed by atoms with Crippen LogP contribution in [0.15, 0.2) is 47.3 Å². The number of imidazole rings is 1. The third kappa shape index (κ3) is 2.45. The number of hydrogen-bond donors (Lipinski definition) is 2. The van der Waals surface area contributed by atoms with Gasteiger partial charge in [-0.1, -0.05) is 18.2 Å². The molecule has 0 aliphatic rings. The lowest BCUT2D eigenvalue weighted by Gasteiger charge is -2.11. The fourth-order valence-electron chi connectivity index (χ4n) is 2.38. The number of phenols is 1. The zero-order valence-corrected chi connectivity index (χ0v) is 11.2. The lowest BCUT2D eigenvalue weighted by atomic mass is 10.1. The van der Waals surface area contributed by atoms with Crippen molar-refractivity contribution < 1.29 is 18.3 Å². The summed E-state index contributed by atoms with van der Waals surface area (Å²) in [5.41, 5.74) is -0.897. The molecule has 0 saturated heterocycles. The van der Waals surface area contributed by atoms with Crippen molar-refractivity contribution in [2.75, 3.05) is 0 Å². The van der Waals surface area contributed by atoms with Crippen LogP contribution in [0.3, 0.4) is 0 Å². The summed E-state index contributed by atoms with van der Waals surface area (Å²) in [5, 5.41) is 9.24. The van der Waals surface area contributed by atoms with Crippen molar-refractivity contribution in [3.8, 4) is 5.75 Å². The minimum Gasteiger partial charge on any atom is -0.508 e. The summed E-state index contributed by atoms with van der Waals surface area (Å²) in [5.74, 6) is 0.0472. The summed E-state index contributed by atoms with van der Waals surface area (Å²) in [6.07, 6.45) is -4.55. The number of halogens is 3. The Morgan fingerprint density at radius 2 is 1.77 bits per heavy atom. The van der Waals surface area contributed by atoms with Crippen LogP contribution in [0.1, 0.15) is 11.1 Å². The highest BCUT2D eigenvalue weighted by molar-refractivity contribution is 5.79. The highest BCUT2D eigenvalue weighted by Crippen LogP contribution is 2.34. The van der Waals surface area contributed by atoms with Crippen LogP contribution >= 0.6 is 0 Å². The Hall–Kier alpha value is -2.70. The number of H-pyrrole nitrogens is 1. The summed E-state index contributed by atoms with van der Waals surface area (Å²) in [4.78, 5) is 14.4. The van der Waals surface area contributed by atoms with Crippen LogP contribution in [0.4, 0.5) is 13.2 Å². The average molecular weight is 308 g/mol. The van der Waals surface area contributed by atoms with Gasteiger partial charge in [-0.15, -0.1) is 0 Å². The molecule has 0 atom stereocenters. The third-order valence-corrected chi connectivity index (χ3v) is 3.38. The second-order valence-corrected chi connectivity index (χ2v) is 4.88. The Morgan fingerprint density at radius 1 is 1.09 bits per heavy atom. The second-order valence-electron chi connectivity index (χ2n) is 4.88. The van der Waals surface area contributed by atoms with E-state index in [2.05, 4.69) is 4.98 Å². The largest absolute Gasteiger partial charge is 0.508 e. The fraction of sp³-hybridized carbons (Fsp3) is 0.133. The van der Waals surface area contributed by atoms with Crippen molar-refractivity contribution in [1.29, 1.82) is 0 Å². The molecule has 0 bridgehead atoms. The Morgan fingerprint density at radius 3 is 2.41 bits per heavy atom. The van der Waals surface area contributed by atoms with Crippen LogP contribution < -0.4 is 5.69 Å². The molecule has 0 aliphatic carbocycles. The molecule has 4 nitrogen and oxygen atoms in total. The number of alkyl halides is 3. The topological polar surface area (TPSA) is 58.0 Å². The SMILES string of the molecule is O=c1[nH]c2cccc(C(F)(F)F)c2n1Cc1ccc(O)cc1. The molecule has 2 aromatic carbocycles. The number of aromatic nitrogens is 2. The molecule has 0 saturated carbocycles. The highest BCUT2D eigenvalue weighted by atomic mass is 19.4. The van der Waals surface area contributed by atoms with Gasteiger partial charge < -0.3 is 10.1 Å². The number of fused-ring (bicyclic) bond motifs is 1. The summed E-state index contributed by atoms with van der Waals surface area (Å²) in [7, 11) is 0. The first-order valence-corrected chi connectivity index (χ1v) is 6.43. The smallest absolute Gasteiger partial charge is 0.418 e. The van der Waals surface area contributed by atoms with Crippen molar-refractivity contribution in [2.45, 2.75) is 12.7 Å². The Balaban J connectivity index is 2.18. The van der Waals surface area contributed by atoms with Gasteiger partial charge in [-0.05, 0) is 29.8 Å². The van der Waals surface area contributed by atoms with Crippen molar-refractivity contribution in [3.63, 3.8) is 0 Å². The van der Waals surface area contributed by atoms with Crippen LogP contribution in [0.5, 0.6) is 5.75 Å². The maximum atomic E-state index is 13.1. The van der Waals surface area contributed by atoms with Gasteiger partial charge in [0.15, 0.2) is 0 Å². The van der Waals surface area contributed by atoms with Gasteiger partial charge in [0.2, 0.25) is 0 Å². The lowest BCUT2D eigenvalue weighted by molar-refractivity contribution is -0.136. The number of nitrogens with zero attached hydrogens (tertiary/aromatic N) is 1. The molecule has 0 radical (unpaired) electrons. The normalized spacial score (nSPS) is 12.0. The second kappa shape index (κ2) is 4.94. The molecule has 0 unspecified atom stereocenters. The first-order valence-electron chi connectivity index (χ1n) is 6.43. The zero-order chi connectivity index (χ0) is 15.9. The number of aromatic amines is 1. The summed E-state index contributed by atoms with van der Waals surface area (Å²) in [6, 6.07) is 9.57. The molecule has 0 spiro atoms. The molecular formula is C15H11F3N2O2. The first-order chi connectivity index (χ1) is 10.4. The number of nitrogens with one attached hydrogen (secondary N) is 1. The van der Waals surface area contributed by atoms with Gasteiger partial charge in [-0.2, -0.15) is 13.2 Å². The molecule has 2 N–H and O–H groups in total. The number of hydrogen-bond acceptors (Lipinski definition) is 2. The number of benzene rings is 2. The monoisotopic (exact) mass is 308 g/mol. The minimum atomic E-state index is -4.55. The van der Waals surface area contributed by atoms with Gasteiger partial charge in [0.1, 0.15) is 5.75 Å². The van der Waals surface area contributed by atoms with Gasteiger partial charge in [0.05, 0.1) is 23.1 Å². The number of phenolic OH excluding ortho intramolecular Hbond substituents is 1. The lowest BCUT2D eigenvalue weighted by Crippen LogP contribution is -2.19. The molecule has 0 fully saturated rings. The van der Waals surface area contributed by atoms with Crippen LogP contribution in [-0.4, -0.2) is 14.7 Å². The molecule has 3 aromatic rings. The number of para-hydroxylation sites is 1. The summed E-state index contributed by atoms with van der Waals surface area (Å²) >= 11 is 0. The summed E-state index contributed by atoms with van der Waals surface area (Å²) in [6.45, 7) is -0.0216. The molecular weight excluding hydrogens is 297 g/mol. The van der Waals surface area contributed by atoms with E-state index in [1.807, 2.05) is 0 Å². The molecule has 114 valence electrons. The van der Waals surface area contributed by atoms with Crippen LogP contribution in [-0.2, 0) is 12.7 Å².